The average Bonchev–Trinajstić information content (AvgIpc) is 2.88. The van der Waals surface area contributed by atoms with Crippen molar-refractivity contribution in [2.75, 3.05) is 19.5 Å². The van der Waals surface area contributed by atoms with Gasteiger partial charge in [0.15, 0.2) is 17.2 Å². The number of aromatic nitrogens is 2. The average molecular weight is 289 g/mol. The smallest absolute Gasteiger partial charge is 0.276 e. The van der Waals surface area contributed by atoms with E-state index in [0.717, 1.165) is 12.2 Å². The SMILES string of the molecule is CCn1nc(C(=O)Nc2ccc(OC)c(OC)c2)cc1C. The number of ether oxygens (including phenoxy) is 2. The molecule has 0 fully saturated rings. The molecule has 1 aromatic carbocycles. The van der Waals surface area contributed by atoms with Crippen LogP contribution in [0.1, 0.15) is 23.1 Å². The van der Waals surface area contributed by atoms with E-state index in [1.165, 1.54) is 0 Å². The quantitative estimate of drug-likeness (QED) is 0.918. The lowest BCUT2D eigenvalue weighted by molar-refractivity contribution is 0.102. The van der Waals surface area contributed by atoms with Gasteiger partial charge in [0.2, 0.25) is 0 Å². The molecule has 2 aromatic rings. The number of nitrogens with one attached hydrogen (secondary N) is 1. The van der Waals surface area contributed by atoms with Gasteiger partial charge in [0.05, 0.1) is 14.2 Å². The Balaban J connectivity index is 2.18. The van der Waals surface area contributed by atoms with Crippen LogP contribution in [0.3, 0.4) is 0 Å². The zero-order valence-corrected chi connectivity index (χ0v) is 12.6. The van der Waals surface area contributed by atoms with Crippen molar-refractivity contribution < 1.29 is 14.3 Å². The summed E-state index contributed by atoms with van der Waals surface area (Å²) in [6.07, 6.45) is 0. The van der Waals surface area contributed by atoms with Gasteiger partial charge in [-0.05, 0) is 32.0 Å². The van der Waals surface area contributed by atoms with Crippen molar-refractivity contribution in [1.82, 2.24) is 9.78 Å². The standard InChI is InChI=1S/C15H19N3O3/c1-5-18-10(2)8-12(17-18)15(19)16-11-6-7-13(20-3)14(9-11)21-4/h6-9H,5H2,1-4H3,(H,16,19). The lowest BCUT2D eigenvalue weighted by Crippen LogP contribution is -2.13. The summed E-state index contributed by atoms with van der Waals surface area (Å²) in [6.45, 7) is 4.63. The minimum Gasteiger partial charge on any atom is -0.493 e. The molecule has 0 aliphatic rings. The predicted molar refractivity (Wildman–Crippen MR) is 80.1 cm³/mol. The number of carbonyl (C=O) groups is 1. The van der Waals surface area contributed by atoms with Gasteiger partial charge in [0.1, 0.15) is 0 Å². The molecular formula is C15H19N3O3. The number of hydrogen-bond donors (Lipinski definition) is 1. The van der Waals surface area contributed by atoms with E-state index < -0.39 is 0 Å². The molecule has 21 heavy (non-hydrogen) atoms. The number of methoxy groups -OCH3 is 2. The first-order chi connectivity index (χ1) is 10.1. The second kappa shape index (κ2) is 6.30. The Morgan fingerprint density at radius 3 is 2.52 bits per heavy atom. The maximum atomic E-state index is 12.2. The van der Waals surface area contributed by atoms with E-state index in [0.29, 0.717) is 22.9 Å². The second-order valence-electron chi connectivity index (χ2n) is 4.51. The molecule has 0 radical (unpaired) electrons. The Morgan fingerprint density at radius 2 is 1.95 bits per heavy atom. The Hall–Kier alpha value is -2.50. The lowest BCUT2D eigenvalue weighted by Gasteiger charge is -2.09. The maximum Gasteiger partial charge on any atom is 0.276 e. The molecule has 1 heterocycles. The van der Waals surface area contributed by atoms with Crippen LogP contribution < -0.4 is 14.8 Å². The van der Waals surface area contributed by atoms with Crippen LogP contribution in [0, 0.1) is 6.92 Å². The third kappa shape index (κ3) is 3.16. The highest BCUT2D eigenvalue weighted by Gasteiger charge is 2.13. The zero-order chi connectivity index (χ0) is 15.4. The first-order valence-corrected chi connectivity index (χ1v) is 6.66. The topological polar surface area (TPSA) is 65.4 Å². The van der Waals surface area contributed by atoms with Gasteiger partial charge >= 0.3 is 0 Å². The summed E-state index contributed by atoms with van der Waals surface area (Å²) < 4.78 is 12.2. The number of nitrogens with zero attached hydrogens (tertiary/aromatic N) is 2. The van der Waals surface area contributed by atoms with E-state index in [9.17, 15) is 4.79 Å². The van der Waals surface area contributed by atoms with Gasteiger partial charge < -0.3 is 14.8 Å². The van der Waals surface area contributed by atoms with Gasteiger partial charge in [-0.3, -0.25) is 9.48 Å². The molecule has 0 spiro atoms. The fourth-order valence-corrected chi connectivity index (χ4v) is 2.05. The third-order valence-corrected chi connectivity index (χ3v) is 3.15. The van der Waals surface area contributed by atoms with E-state index >= 15 is 0 Å². The normalized spacial score (nSPS) is 10.3. The van der Waals surface area contributed by atoms with Crippen molar-refractivity contribution >= 4 is 11.6 Å². The summed E-state index contributed by atoms with van der Waals surface area (Å²) in [5.41, 5.74) is 1.97. The van der Waals surface area contributed by atoms with Gasteiger partial charge in [-0.2, -0.15) is 5.10 Å². The Bertz CT molecular complexity index is 650. The highest BCUT2D eigenvalue weighted by molar-refractivity contribution is 6.03. The number of hydrogen-bond acceptors (Lipinski definition) is 4. The van der Waals surface area contributed by atoms with Crippen molar-refractivity contribution in [3.8, 4) is 11.5 Å². The summed E-state index contributed by atoms with van der Waals surface area (Å²) in [5, 5.41) is 7.05. The Morgan fingerprint density at radius 1 is 1.24 bits per heavy atom. The third-order valence-electron chi connectivity index (χ3n) is 3.15. The van der Waals surface area contributed by atoms with Crippen molar-refractivity contribution in [1.29, 1.82) is 0 Å². The summed E-state index contributed by atoms with van der Waals surface area (Å²) >= 11 is 0. The van der Waals surface area contributed by atoms with Gasteiger partial charge in [0, 0.05) is 24.0 Å². The molecule has 0 bridgehead atoms. The number of benzene rings is 1. The van der Waals surface area contributed by atoms with E-state index in [2.05, 4.69) is 10.4 Å². The van der Waals surface area contributed by atoms with E-state index in [4.69, 9.17) is 9.47 Å². The fourth-order valence-electron chi connectivity index (χ4n) is 2.05. The first kappa shape index (κ1) is 14.9. The molecule has 6 nitrogen and oxygen atoms in total. The molecule has 0 unspecified atom stereocenters. The summed E-state index contributed by atoms with van der Waals surface area (Å²) in [7, 11) is 3.12. The summed E-state index contributed by atoms with van der Waals surface area (Å²) in [5.74, 6) is 0.921. The van der Waals surface area contributed by atoms with Crippen LogP contribution in [0.4, 0.5) is 5.69 Å². The second-order valence-corrected chi connectivity index (χ2v) is 4.51. The van der Waals surface area contributed by atoms with Gasteiger partial charge in [-0.15, -0.1) is 0 Å². The van der Waals surface area contributed by atoms with Crippen LogP contribution in [0.25, 0.3) is 0 Å². The number of aryl methyl sites for hydroxylation is 2. The molecule has 112 valence electrons. The van der Waals surface area contributed by atoms with Crippen LogP contribution in [-0.2, 0) is 6.54 Å². The van der Waals surface area contributed by atoms with E-state index in [1.807, 2.05) is 13.8 Å². The molecule has 0 saturated heterocycles. The number of rotatable bonds is 5. The first-order valence-electron chi connectivity index (χ1n) is 6.66. The van der Waals surface area contributed by atoms with Gasteiger partial charge in [-0.25, -0.2) is 0 Å². The monoisotopic (exact) mass is 289 g/mol. The van der Waals surface area contributed by atoms with E-state index in [1.54, 1.807) is 43.2 Å². The van der Waals surface area contributed by atoms with Crippen LogP contribution >= 0.6 is 0 Å². The fraction of sp³-hybridized carbons (Fsp3) is 0.333. The minimum atomic E-state index is -0.252. The van der Waals surface area contributed by atoms with Gasteiger partial charge in [0.25, 0.3) is 5.91 Å². The molecule has 1 amide bonds. The maximum absolute atomic E-state index is 12.2. The molecule has 0 aliphatic heterocycles. The lowest BCUT2D eigenvalue weighted by atomic mass is 10.2. The van der Waals surface area contributed by atoms with Crippen LogP contribution in [-0.4, -0.2) is 29.9 Å². The molecular weight excluding hydrogens is 270 g/mol. The summed E-state index contributed by atoms with van der Waals surface area (Å²) in [4.78, 5) is 12.2. The molecule has 0 saturated carbocycles. The van der Waals surface area contributed by atoms with Crippen molar-refractivity contribution in [3.05, 3.63) is 35.7 Å². The molecule has 6 heteroatoms. The van der Waals surface area contributed by atoms with Crippen molar-refractivity contribution in [2.45, 2.75) is 20.4 Å². The Labute approximate surface area is 123 Å². The summed E-state index contributed by atoms with van der Waals surface area (Å²) in [6, 6.07) is 6.97. The van der Waals surface area contributed by atoms with E-state index in [-0.39, 0.29) is 5.91 Å². The van der Waals surface area contributed by atoms with Crippen LogP contribution in [0.2, 0.25) is 0 Å². The van der Waals surface area contributed by atoms with Crippen molar-refractivity contribution in [3.63, 3.8) is 0 Å². The van der Waals surface area contributed by atoms with Crippen molar-refractivity contribution in [2.24, 2.45) is 0 Å². The Kier molecular flexibility index (Phi) is 4.47. The number of amides is 1. The minimum absolute atomic E-state index is 0.252. The molecule has 2 rings (SSSR count). The largest absolute Gasteiger partial charge is 0.493 e. The highest BCUT2D eigenvalue weighted by Crippen LogP contribution is 2.29. The molecule has 0 aliphatic carbocycles. The van der Waals surface area contributed by atoms with Crippen LogP contribution in [0.5, 0.6) is 11.5 Å². The van der Waals surface area contributed by atoms with Crippen LogP contribution in [0.15, 0.2) is 24.3 Å². The molecule has 1 N–H and O–H groups in total. The predicted octanol–water partition coefficient (Wildman–Crippen LogP) is 2.48. The van der Waals surface area contributed by atoms with Gasteiger partial charge in [-0.1, -0.05) is 0 Å². The highest BCUT2D eigenvalue weighted by atomic mass is 16.5. The molecule has 0 atom stereocenters. The molecule has 1 aromatic heterocycles. The number of carbonyl (C=O) groups excluding carboxylic acids is 1. The zero-order valence-electron chi connectivity index (χ0n) is 12.6. The number of anilines is 1.